The van der Waals surface area contributed by atoms with Gasteiger partial charge in [-0.25, -0.2) is 4.57 Å². The van der Waals surface area contributed by atoms with Crippen LogP contribution in [0.4, 0.5) is 11.4 Å². The minimum Gasteiger partial charge on any atom is -0.325 e. The van der Waals surface area contributed by atoms with Crippen LogP contribution < -0.4 is 5.32 Å². The number of hydrogen-bond donors (Lipinski definition) is 1. The molecule has 1 N–H and O–H groups in total. The van der Waals surface area contributed by atoms with Gasteiger partial charge in [0.05, 0.1) is 10.7 Å². The normalized spacial score (nSPS) is 11.2. The molecule has 0 saturated heterocycles. The van der Waals surface area contributed by atoms with E-state index in [-0.39, 0.29) is 35.1 Å². The highest BCUT2D eigenvalue weighted by molar-refractivity contribution is 7.99. The average molecular weight is 455 g/mol. The first-order valence-electron chi connectivity index (χ1n) is 9.70. The molecule has 3 aromatic rings. The molecule has 0 aliphatic heterocycles. The van der Waals surface area contributed by atoms with Crippen molar-refractivity contribution in [3.63, 3.8) is 0 Å². The van der Waals surface area contributed by atoms with Gasteiger partial charge in [0, 0.05) is 42.2 Å². The van der Waals surface area contributed by atoms with Gasteiger partial charge in [-0.1, -0.05) is 32.5 Å². The van der Waals surface area contributed by atoms with Crippen molar-refractivity contribution in [1.82, 2.24) is 19.7 Å². The molecule has 1 aromatic carbocycles. The molecule has 1 amide bonds. The number of aromatic nitrogens is 4. The van der Waals surface area contributed by atoms with Crippen LogP contribution in [0.2, 0.25) is 0 Å². The van der Waals surface area contributed by atoms with Crippen molar-refractivity contribution in [3.05, 3.63) is 58.9 Å². The summed E-state index contributed by atoms with van der Waals surface area (Å²) < 4.78 is 1.43. The topological polar surface area (TPSA) is 133 Å². The summed E-state index contributed by atoms with van der Waals surface area (Å²) in [6.07, 6.45) is 3.48. The number of nitro benzene ring substituents is 1. The number of hydrogen-bond acceptors (Lipinski definition) is 8. The zero-order chi connectivity index (χ0) is 23.3. The third-order valence-corrected chi connectivity index (χ3v) is 5.13. The van der Waals surface area contributed by atoms with Gasteiger partial charge in [-0.3, -0.25) is 24.7 Å². The summed E-state index contributed by atoms with van der Waals surface area (Å²) in [4.78, 5) is 39.7. The molecule has 0 aliphatic rings. The molecule has 166 valence electrons. The maximum atomic E-state index is 13.1. The average Bonchev–Trinajstić information content (AvgIpc) is 3.16. The third-order valence-electron chi connectivity index (χ3n) is 4.20. The largest absolute Gasteiger partial charge is 0.325 e. The van der Waals surface area contributed by atoms with Gasteiger partial charge in [-0.15, -0.1) is 10.2 Å². The third kappa shape index (κ3) is 5.97. The van der Waals surface area contributed by atoms with E-state index in [9.17, 15) is 19.7 Å². The molecule has 3 rings (SSSR count). The standard InChI is InChI=1S/C21H22N6O4S/c1-21(2,3)12-18(29)26-19(14-8-10-22-11-9-14)24-25-20(26)32-13-17(28)23-15-4-6-16(7-5-15)27(30)31/h4-11H,12-13H2,1-3H3,(H,23,28). The van der Waals surface area contributed by atoms with Crippen molar-refractivity contribution in [3.8, 4) is 11.4 Å². The Balaban J connectivity index is 1.76. The van der Waals surface area contributed by atoms with Crippen LogP contribution in [0.5, 0.6) is 0 Å². The lowest BCUT2D eigenvalue weighted by Crippen LogP contribution is -2.21. The predicted octanol–water partition coefficient (Wildman–Crippen LogP) is 4.06. The first-order chi connectivity index (χ1) is 15.1. The SMILES string of the molecule is CC(C)(C)CC(=O)n1c(SCC(=O)Nc2ccc([N+](=O)[O-])cc2)nnc1-c1ccncc1. The Morgan fingerprint density at radius 1 is 1.09 bits per heavy atom. The molecule has 0 fully saturated rings. The summed E-state index contributed by atoms with van der Waals surface area (Å²) in [5.41, 5.74) is 0.818. The van der Waals surface area contributed by atoms with Crippen molar-refractivity contribution < 1.29 is 14.5 Å². The van der Waals surface area contributed by atoms with Crippen LogP contribution >= 0.6 is 11.8 Å². The first kappa shape index (κ1) is 23.1. The number of nitro groups is 1. The van der Waals surface area contributed by atoms with Crippen molar-refractivity contribution in [2.24, 2.45) is 5.41 Å². The van der Waals surface area contributed by atoms with E-state index < -0.39 is 4.92 Å². The Hall–Kier alpha value is -3.60. The minimum atomic E-state index is -0.511. The van der Waals surface area contributed by atoms with E-state index in [0.29, 0.717) is 22.2 Å². The Morgan fingerprint density at radius 3 is 2.34 bits per heavy atom. The maximum Gasteiger partial charge on any atom is 0.269 e. The van der Waals surface area contributed by atoms with E-state index in [4.69, 9.17) is 0 Å². The summed E-state index contributed by atoms with van der Waals surface area (Å²) >= 11 is 1.08. The number of nitrogens with one attached hydrogen (secondary N) is 1. The van der Waals surface area contributed by atoms with E-state index in [1.54, 1.807) is 24.5 Å². The monoisotopic (exact) mass is 454 g/mol. The van der Waals surface area contributed by atoms with Crippen LogP contribution in [-0.4, -0.2) is 42.2 Å². The van der Waals surface area contributed by atoms with Gasteiger partial charge in [0.2, 0.25) is 11.8 Å². The molecule has 0 radical (unpaired) electrons. The second-order valence-electron chi connectivity index (χ2n) is 8.15. The summed E-state index contributed by atoms with van der Waals surface area (Å²) in [6, 6.07) is 9.01. The fraction of sp³-hybridized carbons (Fsp3) is 0.286. The highest BCUT2D eigenvalue weighted by Crippen LogP contribution is 2.27. The van der Waals surface area contributed by atoms with Crippen LogP contribution in [0.15, 0.2) is 53.9 Å². The lowest BCUT2D eigenvalue weighted by molar-refractivity contribution is -0.384. The van der Waals surface area contributed by atoms with Crippen molar-refractivity contribution in [1.29, 1.82) is 0 Å². The second kappa shape index (κ2) is 9.69. The van der Waals surface area contributed by atoms with E-state index >= 15 is 0 Å². The molecule has 0 spiro atoms. The zero-order valence-electron chi connectivity index (χ0n) is 17.8. The highest BCUT2D eigenvalue weighted by Gasteiger charge is 2.25. The first-order valence-corrected chi connectivity index (χ1v) is 10.7. The number of carbonyl (C=O) groups excluding carboxylic acids is 2. The molecule has 32 heavy (non-hydrogen) atoms. The molecule has 10 nitrogen and oxygen atoms in total. The number of anilines is 1. The molecular weight excluding hydrogens is 432 g/mol. The van der Waals surface area contributed by atoms with Crippen LogP contribution in [0.1, 0.15) is 32.0 Å². The van der Waals surface area contributed by atoms with Crippen molar-refractivity contribution >= 4 is 35.0 Å². The summed E-state index contributed by atoms with van der Waals surface area (Å²) in [7, 11) is 0. The number of non-ortho nitro benzene ring substituents is 1. The Labute approximate surface area is 188 Å². The van der Waals surface area contributed by atoms with Gasteiger partial charge in [0.1, 0.15) is 0 Å². The van der Waals surface area contributed by atoms with Gasteiger partial charge in [-0.2, -0.15) is 0 Å². The van der Waals surface area contributed by atoms with Crippen LogP contribution in [-0.2, 0) is 4.79 Å². The van der Waals surface area contributed by atoms with Gasteiger partial charge >= 0.3 is 0 Å². The number of carbonyl (C=O) groups is 2. The Morgan fingerprint density at radius 2 is 1.75 bits per heavy atom. The molecule has 0 aliphatic carbocycles. The van der Waals surface area contributed by atoms with E-state index in [1.807, 2.05) is 20.8 Å². The fourth-order valence-corrected chi connectivity index (χ4v) is 3.55. The zero-order valence-corrected chi connectivity index (χ0v) is 18.6. The van der Waals surface area contributed by atoms with Crippen molar-refractivity contribution in [2.45, 2.75) is 32.3 Å². The van der Waals surface area contributed by atoms with Gasteiger partial charge in [0.15, 0.2) is 11.0 Å². The molecule has 2 heterocycles. The molecule has 2 aromatic heterocycles. The lowest BCUT2D eigenvalue weighted by atomic mass is 9.92. The Kier molecular flexibility index (Phi) is 6.98. The summed E-state index contributed by atoms with van der Waals surface area (Å²) in [5, 5.41) is 22.0. The lowest BCUT2D eigenvalue weighted by Gasteiger charge is -2.18. The van der Waals surface area contributed by atoms with Crippen LogP contribution in [0, 0.1) is 15.5 Å². The minimum absolute atomic E-state index is 0.0196. The van der Waals surface area contributed by atoms with E-state index in [1.165, 1.54) is 28.8 Å². The highest BCUT2D eigenvalue weighted by atomic mass is 32.2. The molecular formula is C21H22N6O4S. The molecule has 11 heteroatoms. The predicted molar refractivity (Wildman–Crippen MR) is 120 cm³/mol. The number of thioether (sulfide) groups is 1. The van der Waals surface area contributed by atoms with Crippen LogP contribution in [0.3, 0.4) is 0 Å². The smallest absolute Gasteiger partial charge is 0.269 e. The van der Waals surface area contributed by atoms with E-state index in [2.05, 4.69) is 20.5 Å². The number of amides is 1. The molecule has 0 unspecified atom stereocenters. The quantitative estimate of drug-likeness (QED) is 0.321. The van der Waals surface area contributed by atoms with E-state index in [0.717, 1.165) is 11.8 Å². The van der Waals surface area contributed by atoms with Gasteiger partial charge in [-0.05, 0) is 29.7 Å². The fourth-order valence-electron chi connectivity index (χ4n) is 2.80. The van der Waals surface area contributed by atoms with Crippen LogP contribution in [0.25, 0.3) is 11.4 Å². The van der Waals surface area contributed by atoms with Gasteiger partial charge in [0.25, 0.3) is 5.69 Å². The summed E-state index contributed by atoms with van der Waals surface area (Å²) in [6.45, 7) is 5.89. The number of pyridine rings is 1. The number of benzene rings is 1. The van der Waals surface area contributed by atoms with Gasteiger partial charge < -0.3 is 5.32 Å². The number of rotatable bonds is 7. The number of nitrogens with zero attached hydrogens (tertiary/aromatic N) is 5. The van der Waals surface area contributed by atoms with Crippen molar-refractivity contribution in [2.75, 3.05) is 11.1 Å². The Bertz CT molecular complexity index is 1120. The maximum absolute atomic E-state index is 13.1. The molecule has 0 bridgehead atoms. The molecule has 0 saturated carbocycles. The summed E-state index contributed by atoms with van der Waals surface area (Å²) in [5.74, 6) is -0.145. The second-order valence-corrected chi connectivity index (χ2v) is 9.09. The molecule has 0 atom stereocenters.